The van der Waals surface area contributed by atoms with Gasteiger partial charge in [-0.05, 0) is 31.5 Å². The van der Waals surface area contributed by atoms with E-state index in [1.165, 1.54) is 17.5 Å². The van der Waals surface area contributed by atoms with Gasteiger partial charge in [0.05, 0.1) is 0 Å². The molecule has 0 aliphatic rings. The second-order valence-corrected chi connectivity index (χ2v) is 5.52. The van der Waals surface area contributed by atoms with Crippen LogP contribution >= 0.6 is 0 Å². The molecule has 18 heavy (non-hydrogen) atoms. The molecule has 0 saturated heterocycles. The van der Waals surface area contributed by atoms with Crippen molar-refractivity contribution < 1.29 is 0 Å². The van der Waals surface area contributed by atoms with Gasteiger partial charge in [0.1, 0.15) is 0 Å². The van der Waals surface area contributed by atoms with Crippen molar-refractivity contribution in [2.75, 3.05) is 7.05 Å². The van der Waals surface area contributed by atoms with Gasteiger partial charge in [-0.25, -0.2) is 0 Å². The van der Waals surface area contributed by atoms with Crippen molar-refractivity contribution in [2.45, 2.75) is 59.3 Å². The number of benzene rings is 1. The summed E-state index contributed by atoms with van der Waals surface area (Å²) in [6.45, 7) is 10.9. The Labute approximate surface area is 112 Å². The molecule has 0 radical (unpaired) electrons. The van der Waals surface area contributed by atoms with E-state index in [-0.39, 0.29) is 0 Å². The van der Waals surface area contributed by atoms with Crippen LogP contribution in [0.4, 0.5) is 0 Å². The van der Waals surface area contributed by atoms with Crippen LogP contribution in [0.3, 0.4) is 0 Å². The van der Waals surface area contributed by atoms with Crippen LogP contribution in [0.2, 0.25) is 0 Å². The molecule has 0 heterocycles. The van der Waals surface area contributed by atoms with Crippen LogP contribution in [0.1, 0.15) is 45.2 Å². The molecule has 1 atom stereocenters. The van der Waals surface area contributed by atoms with E-state index in [9.17, 15) is 0 Å². The maximum atomic E-state index is 3.44. The smallest absolute Gasteiger partial charge is 0.0233 e. The molecule has 2 heteroatoms. The van der Waals surface area contributed by atoms with Crippen LogP contribution in [0, 0.1) is 0 Å². The summed E-state index contributed by atoms with van der Waals surface area (Å²) in [6.07, 6.45) is 1.20. The Kier molecular flexibility index (Phi) is 6.37. The van der Waals surface area contributed by atoms with Gasteiger partial charge in [-0.1, -0.05) is 45.0 Å². The highest BCUT2D eigenvalue weighted by Crippen LogP contribution is 2.10. The molecule has 0 aliphatic heterocycles. The van der Waals surface area contributed by atoms with Crippen molar-refractivity contribution in [1.82, 2.24) is 10.2 Å². The lowest BCUT2D eigenvalue weighted by molar-refractivity contribution is 0.244. The molecule has 102 valence electrons. The van der Waals surface area contributed by atoms with Gasteiger partial charge in [0, 0.05) is 25.2 Å². The predicted molar refractivity (Wildman–Crippen MR) is 79.6 cm³/mol. The van der Waals surface area contributed by atoms with E-state index in [1.807, 2.05) is 0 Å². The highest BCUT2D eigenvalue weighted by Gasteiger charge is 2.07. The third kappa shape index (κ3) is 5.19. The minimum atomic E-state index is 0.543. The van der Waals surface area contributed by atoms with Crippen LogP contribution < -0.4 is 5.32 Å². The van der Waals surface area contributed by atoms with E-state index >= 15 is 0 Å². The summed E-state index contributed by atoms with van der Waals surface area (Å²) >= 11 is 0. The topological polar surface area (TPSA) is 15.3 Å². The van der Waals surface area contributed by atoms with Crippen LogP contribution in [-0.4, -0.2) is 24.0 Å². The fourth-order valence-electron chi connectivity index (χ4n) is 1.84. The molecule has 0 aromatic heterocycles. The van der Waals surface area contributed by atoms with E-state index in [0.29, 0.717) is 12.1 Å². The van der Waals surface area contributed by atoms with Crippen LogP contribution in [0.5, 0.6) is 0 Å². The first kappa shape index (κ1) is 15.2. The summed E-state index contributed by atoms with van der Waals surface area (Å²) in [5, 5.41) is 3.44. The molecule has 1 unspecified atom stereocenters. The summed E-state index contributed by atoms with van der Waals surface area (Å²) in [5.74, 6) is 0. The lowest BCUT2D eigenvalue weighted by atomic mass is 10.1. The molecule has 0 spiro atoms. The standard InChI is InChI=1S/C16H28N2/c1-6-14(4)18(5)12-16-9-7-15(8-10-16)11-17-13(2)3/h7-10,13-14,17H,6,11-12H2,1-5H3. The van der Waals surface area contributed by atoms with Gasteiger partial charge < -0.3 is 5.32 Å². The van der Waals surface area contributed by atoms with Gasteiger partial charge in [0.2, 0.25) is 0 Å². The summed E-state index contributed by atoms with van der Waals surface area (Å²) in [6, 6.07) is 10.1. The SMILES string of the molecule is CCC(C)N(C)Cc1ccc(CNC(C)C)cc1. The molecule has 1 N–H and O–H groups in total. The Morgan fingerprint density at radius 1 is 1.06 bits per heavy atom. The first-order valence-corrected chi connectivity index (χ1v) is 7.04. The summed E-state index contributed by atoms with van der Waals surface area (Å²) < 4.78 is 0. The van der Waals surface area contributed by atoms with E-state index in [0.717, 1.165) is 13.1 Å². The van der Waals surface area contributed by atoms with Crippen LogP contribution in [0.25, 0.3) is 0 Å². The molecule has 0 bridgehead atoms. The summed E-state index contributed by atoms with van der Waals surface area (Å²) in [5.41, 5.74) is 2.75. The Balaban J connectivity index is 2.49. The minimum absolute atomic E-state index is 0.543. The molecule has 1 aromatic carbocycles. The summed E-state index contributed by atoms with van der Waals surface area (Å²) in [4.78, 5) is 2.40. The number of hydrogen-bond acceptors (Lipinski definition) is 2. The first-order chi connectivity index (χ1) is 8.52. The molecular formula is C16H28N2. The largest absolute Gasteiger partial charge is 0.310 e. The van der Waals surface area contributed by atoms with Gasteiger partial charge in [0.25, 0.3) is 0 Å². The van der Waals surface area contributed by atoms with Gasteiger partial charge in [-0.2, -0.15) is 0 Å². The molecule has 1 rings (SSSR count). The third-order valence-electron chi connectivity index (χ3n) is 3.51. The highest BCUT2D eigenvalue weighted by molar-refractivity contribution is 5.22. The Morgan fingerprint density at radius 3 is 2.11 bits per heavy atom. The fraction of sp³-hybridized carbons (Fsp3) is 0.625. The van der Waals surface area contributed by atoms with Gasteiger partial charge in [0.15, 0.2) is 0 Å². The van der Waals surface area contributed by atoms with Crippen molar-refractivity contribution >= 4 is 0 Å². The third-order valence-corrected chi connectivity index (χ3v) is 3.51. The molecule has 0 aliphatic carbocycles. The number of hydrogen-bond donors (Lipinski definition) is 1. The molecule has 0 fully saturated rings. The second-order valence-electron chi connectivity index (χ2n) is 5.52. The average Bonchev–Trinajstić information content (AvgIpc) is 2.36. The maximum absolute atomic E-state index is 3.44. The van der Waals surface area contributed by atoms with Crippen LogP contribution in [-0.2, 0) is 13.1 Å². The normalized spacial score (nSPS) is 13.3. The van der Waals surface area contributed by atoms with E-state index < -0.39 is 0 Å². The number of nitrogens with zero attached hydrogens (tertiary/aromatic N) is 1. The number of rotatable bonds is 7. The van der Waals surface area contributed by atoms with Crippen molar-refractivity contribution in [3.8, 4) is 0 Å². The van der Waals surface area contributed by atoms with Crippen molar-refractivity contribution in [3.63, 3.8) is 0 Å². The van der Waals surface area contributed by atoms with Gasteiger partial charge >= 0.3 is 0 Å². The monoisotopic (exact) mass is 248 g/mol. The molecule has 0 amide bonds. The Hall–Kier alpha value is -0.860. The lowest BCUT2D eigenvalue weighted by Crippen LogP contribution is -2.27. The fourth-order valence-corrected chi connectivity index (χ4v) is 1.84. The molecular weight excluding hydrogens is 220 g/mol. The maximum Gasteiger partial charge on any atom is 0.0233 e. The average molecular weight is 248 g/mol. The van der Waals surface area contributed by atoms with Gasteiger partial charge in [-0.15, -0.1) is 0 Å². The summed E-state index contributed by atoms with van der Waals surface area (Å²) in [7, 11) is 2.20. The Bertz CT molecular complexity index is 329. The van der Waals surface area contributed by atoms with Crippen molar-refractivity contribution in [1.29, 1.82) is 0 Å². The molecule has 0 saturated carbocycles. The number of nitrogens with one attached hydrogen (secondary N) is 1. The lowest BCUT2D eigenvalue weighted by Gasteiger charge is -2.23. The zero-order chi connectivity index (χ0) is 13.5. The van der Waals surface area contributed by atoms with Crippen LogP contribution in [0.15, 0.2) is 24.3 Å². The second kappa shape index (κ2) is 7.55. The van der Waals surface area contributed by atoms with E-state index in [1.54, 1.807) is 0 Å². The predicted octanol–water partition coefficient (Wildman–Crippen LogP) is 3.41. The van der Waals surface area contributed by atoms with E-state index in [4.69, 9.17) is 0 Å². The quantitative estimate of drug-likeness (QED) is 0.795. The van der Waals surface area contributed by atoms with Crippen molar-refractivity contribution in [3.05, 3.63) is 35.4 Å². The van der Waals surface area contributed by atoms with Crippen molar-refractivity contribution in [2.24, 2.45) is 0 Å². The zero-order valence-electron chi connectivity index (χ0n) is 12.5. The highest BCUT2D eigenvalue weighted by atomic mass is 15.1. The minimum Gasteiger partial charge on any atom is -0.310 e. The van der Waals surface area contributed by atoms with E-state index in [2.05, 4.69) is 69.2 Å². The first-order valence-electron chi connectivity index (χ1n) is 7.04. The van der Waals surface area contributed by atoms with Gasteiger partial charge in [-0.3, -0.25) is 4.90 Å². The Morgan fingerprint density at radius 2 is 1.61 bits per heavy atom. The molecule has 2 nitrogen and oxygen atoms in total. The zero-order valence-corrected chi connectivity index (χ0v) is 12.5. The molecule has 1 aromatic rings.